The molecular formula is C13H14N2OS. The average Bonchev–Trinajstić information content (AvgIpc) is 2.97. The molecule has 1 aromatic heterocycles. The maximum absolute atomic E-state index is 12.0. The average molecular weight is 246 g/mol. The molecule has 1 aliphatic rings. The molecule has 1 aliphatic heterocycles. The van der Waals surface area contributed by atoms with E-state index in [0.29, 0.717) is 6.42 Å². The smallest absolute Gasteiger partial charge is 0.156 e. The molecule has 0 spiro atoms. The number of carbonyl (C=O) groups is 1. The molecule has 88 valence electrons. The minimum absolute atomic E-state index is 0.0574. The summed E-state index contributed by atoms with van der Waals surface area (Å²) < 4.78 is 1.16. The van der Waals surface area contributed by atoms with E-state index in [4.69, 9.17) is 0 Å². The third-order valence-corrected chi connectivity index (χ3v) is 4.15. The number of rotatable bonds is 3. The van der Waals surface area contributed by atoms with E-state index >= 15 is 0 Å². The predicted molar refractivity (Wildman–Crippen MR) is 69.4 cm³/mol. The molecule has 1 unspecified atom stereocenters. The number of para-hydroxylation sites is 1. The summed E-state index contributed by atoms with van der Waals surface area (Å²) in [5, 5.41) is 4.17. The summed E-state index contributed by atoms with van der Waals surface area (Å²) in [6, 6.07) is 8.08. The summed E-state index contributed by atoms with van der Waals surface area (Å²) >= 11 is 1.62. The van der Waals surface area contributed by atoms with Crippen LogP contribution in [-0.4, -0.2) is 23.4 Å². The minimum atomic E-state index is 0.0574. The number of nitrogens with one attached hydrogen (secondary N) is 1. The van der Waals surface area contributed by atoms with E-state index in [0.717, 1.165) is 34.6 Å². The summed E-state index contributed by atoms with van der Waals surface area (Å²) in [6.45, 7) is 0.969. The van der Waals surface area contributed by atoms with Crippen LogP contribution in [0.5, 0.6) is 0 Å². The quantitative estimate of drug-likeness (QED) is 0.902. The topological polar surface area (TPSA) is 42.0 Å². The first-order valence-electron chi connectivity index (χ1n) is 5.93. The third kappa shape index (κ3) is 2.23. The van der Waals surface area contributed by atoms with E-state index in [2.05, 4.69) is 16.4 Å². The van der Waals surface area contributed by atoms with Gasteiger partial charge < -0.3 is 5.32 Å². The van der Waals surface area contributed by atoms with Crippen molar-refractivity contribution < 1.29 is 4.79 Å². The monoisotopic (exact) mass is 246 g/mol. The highest BCUT2D eigenvalue weighted by atomic mass is 32.1. The molecule has 0 aliphatic carbocycles. The van der Waals surface area contributed by atoms with Gasteiger partial charge in [-0.3, -0.25) is 4.79 Å². The maximum atomic E-state index is 12.0. The summed E-state index contributed by atoms with van der Waals surface area (Å²) in [4.78, 5) is 16.5. The van der Waals surface area contributed by atoms with E-state index in [1.54, 1.807) is 11.3 Å². The van der Waals surface area contributed by atoms with Gasteiger partial charge >= 0.3 is 0 Å². The number of thiazole rings is 1. The van der Waals surface area contributed by atoms with E-state index in [9.17, 15) is 4.79 Å². The first kappa shape index (κ1) is 10.9. The van der Waals surface area contributed by atoms with Gasteiger partial charge in [0.15, 0.2) is 5.78 Å². The van der Waals surface area contributed by atoms with Gasteiger partial charge in [0, 0.05) is 0 Å². The van der Waals surface area contributed by atoms with Gasteiger partial charge in [-0.2, -0.15) is 0 Å². The van der Waals surface area contributed by atoms with Crippen LogP contribution < -0.4 is 5.32 Å². The van der Waals surface area contributed by atoms with Crippen molar-refractivity contribution >= 4 is 27.3 Å². The van der Waals surface area contributed by atoms with Crippen LogP contribution in [0.2, 0.25) is 0 Å². The second-order valence-electron chi connectivity index (χ2n) is 4.37. The molecule has 2 aromatic rings. The Bertz CT molecular complexity index is 510. The molecule has 0 amide bonds. The van der Waals surface area contributed by atoms with Gasteiger partial charge in [-0.05, 0) is 31.5 Å². The maximum Gasteiger partial charge on any atom is 0.156 e. The summed E-state index contributed by atoms with van der Waals surface area (Å²) in [6.07, 6.45) is 2.55. The number of ketones is 1. The highest BCUT2D eigenvalue weighted by molar-refractivity contribution is 7.18. The van der Waals surface area contributed by atoms with Crippen LogP contribution in [0, 0.1) is 0 Å². The van der Waals surface area contributed by atoms with Crippen LogP contribution >= 0.6 is 11.3 Å². The molecule has 17 heavy (non-hydrogen) atoms. The molecule has 1 N–H and O–H groups in total. The number of Topliss-reactive ketones (excluding diaryl/α,β-unsaturated/α-hetero) is 1. The Labute approximate surface area is 104 Å². The number of nitrogens with zero attached hydrogens (tertiary/aromatic N) is 1. The van der Waals surface area contributed by atoms with E-state index in [-0.39, 0.29) is 11.8 Å². The van der Waals surface area contributed by atoms with E-state index < -0.39 is 0 Å². The number of fused-ring (bicyclic) bond motifs is 1. The standard InChI is InChI=1S/C13H14N2OS/c16-11(9-5-3-7-14-9)8-13-15-10-4-1-2-6-12(10)17-13/h1-2,4,6,9,14H,3,5,7-8H2. The Balaban J connectivity index is 1.77. The Kier molecular flexibility index (Phi) is 2.91. The van der Waals surface area contributed by atoms with Crippen LogP contribution in [0.3, 0.4) is 0 Å². The molecule has 1 atom stereocenters. The molecule has 0 radical (unpaired) electrons. The molecule has 3 rings (SSSR count). The molecule has 2 heterocycles. The van der Waals surface area contributed by atoms with Crippen molar-refractivity contribution in [3.63, 3.8) is 0 Å². The van der Waals surface area contributed by atoms with Gasteiger partial charge in [-0.25, -0.2) is 4.98 Å². The molecule has 4 heteroatoms. The fourth-order valence-electron chi connectivity index (χ4n) is 2.23. The number of hydrogen-bond acceptors (Lipinski definition) is 4. The number of carbonyl (C=O) groups excluding carboxylic acids is 1. The zero-order valence-electron chi connectivity index (χ0n) is 9.48. The molecule has 0 bridgehead atoms. The third-order valence-electron chi connectivity index (χ3n) is 3.11. The summed E-state index contributed by atoms with van der Waals surface area (Å²) in [5.74, 6) is 0.279. The van der Waals surface area contributed by atoms with Crippen molar-refractivity contribution in [3.05, 3.63) is 29.3 Å². The van der Waals surface area contributed by atoms with E-state index in [1.165, 1.54) is 0 Å². The van der Waals surface area contributed by atoms with Gasteiger partial charge in [-0.15, -0.1) is 11.3 Å². The van der Waals surface area contributed by atoms with Crippen molar-refractivity contribution in [2.24, 2.45) is 0 Å². The lowest BCUT2D eigenvalue weighted by Gasteiger charge is -2.06. The van der Waals surface area contributed by atoms with Crippen molar-refractivity contribution in [1.82, 2.24) is 10.3 Å². The predicted octanol–water partition coefficient (Wildman–Crippen LogP) is 2.16. The number of hydrogen-bond donors (Lipinski definition) is 1. The van der Waals surface area contributed by atoms with E-state index in [1.807, 2.05) is 18.2 Å². The van der Waals surface area contributed by atoms with Gasteiger partial charge in [-0.1, -0.05) is 12.1 Å². The normalized spacial score (nSPS) is 19.9. The zero-order chi connectivity index (χ0) is 11.7. The first-order valence-corrected chi connectivity index (χ1v) is 6.75. The van der Waals surface area contributed by atoms with Crippen LogP contribution in [0.25, 0.3) is 10.2 Å². The lowest BCUT2D eigenvalue weighted by atomic mass is 10.1. The molecule has 1 aromatic carbocycles. The van der Waals surface area contributed by atoms with Gasteiger partial charge in [0.25, 0.3) is 0 Å². The van der Waals surface area contributed by atoms with Gasteiger partial charge in [0.1, 0.15) is 5.01 Å². The van der Waals surface area contributed by atoms with Crippen LogP contribution in [0.15, 0.2) is 24.3 Å². The molecule has 1 fully saturated rings. The Morgan fingerprint density at radius 3 is 3.12 bits per heavy atom. The highest BCUT2D eigenvalue weighted by Gasteiger charge is 2.22. The molecular weight excluding hydrogens is 232 g/mol. The minimum Gasteiger partial charge on any atom is -0.307 e. The second kappa shape index (κ2) is 4.55. The largest absolute Gasteiger partial charge is 0.307 e. The van der Waals surface area contributed by atoms with Gasteiger partial charge in [0.2, 0.25) is 0 Å². The van der Waals surface area contributed by atoms with Crippen LogP contribution in [-0.2, 0) is 11.2 Å². The Hall–Kier alpha value is -1.26. The highest BCUT2D eigenvalue weighted by Crippen LogP contribution is 2.22. The van der Waals surface area contributed by atoms with Crippen molar-refractivity contribution in [2.75, 3.05) is 6.54 Å². The van der Waals surface area contributed by atoms with Crippen molar-refractivity contribution in [2.45, 2.75) is 25.3 Å². The SMILES string of the molecule is O=C(Cc1nc2ccccc2s1)C1CCCN1. The lowest BCUT2D eigenvalue weighted by Crippen LogP contribution is -2.31. The number of aromatic nitrogens is 1. The second-order valence-corrected chi connectivity index (χ2v) is 5.48. The van der Waals surface area contributed by atoms with Gasteiger partial charge in [0.05, 0.1) is 22.7 Å². The fraction of sp³-hybridized carbons (Fsp3) is 0.385. The van der Waals surface area contributed by atoms with Crippen LogP contribution in [0.1, 0.15) is 17.8 Å². The van der Waals surface area contributed by atoms with Crippen molar-refractivity contribution in [1.29, 1.82) is 0 Å². The number of benzene rings is 1. The molecule has 3 nitrogen and oxygen atoms in total. The summed E-state index contributed by atoms with van der Waals surface area (Å²) in [7, 11) is 0. The van der Waals surface area contributed by atoms with Crippen molar-refractivity contribution in [3.8, 4) is 0 Å². The molecule has 1 saturated heterocycles. The molecule has 0 saturated carbocycles. The van der Waals surface area contributed by atoms with Crippen LogP contribution in [0.4, 0.5) is 0 Å². The zero-order valence-corrected chi connectivity index (χ0v) is 10.3. The Morgan fingerprint density at radius 1 is 1.47 bits per heavy atom. The fourth-order valence-corrected chi connectivity index (χ4v) is 3.20. The Morgan fingerprint density at radius 2 is 2.35 bits per heavy atom. The first-order chi connectivity index (χ1) is 8.33. The lowest BCUT2D eigenvalue weighted by molar-refractivity contribution is -0.120. The summed E-state index contributed by atoms with van der Waals surface area (Å²) in [5.41, 5.74) is 1.000.